The minimum Gasteiger partial charge on any atom is -0.491 e. The number of aryl methyl sites for hydroxylation is 2. The molecule has 2 aromatic carbocycles. The third-order valence-corrected chi connectivity index (χ3v) is 3.39. The Morgan fingerprint density at radius 3 is 2.43 bits per heavy atom. The molecule has 0 spiro atoms. The fourth-order valence-electron chi connectivity index (χ4n) is 2.17. The topological polar surface area (TPSA) is 32.7 Å². The highest BCUT2D eigenvalue weighted by Crippen LogP contribution is 2.15. The lowest BCUT2D eigenvalue weighted by Crippen LogP contribution is -2.33. The summed E-state index contributed by atoms with van der Waals surface area (Å²) >= 11 is 0. The van der Waals surface area contributed by atoms with E-state index in [4.69, 9.17) is 4.74 Å². The predicted molar refractivity (Wildman–Crippen MR) is 87.1 cm³/mol. The molecule has 0 aliphatic rings. The molecule has 0 fully saturated rings. The number of nitrogens with zero attached hydrogens (tertiary/aromatic N) is 1. The van der Waals surface area contributed by atoms with Crippen LogP contribution in [-0.4, -0.2) is 31.4 Å². The van der Waals surface area contributed by atoms with Gasteiger partial charge >= 0.3 is 0 Å². The van der Waals surface area contributed by atoms with Crippen LogP contribution in [0.4, 0.5) is 5.69 Å². The first kappa shape index (κ1) is 15.4. The predicted octanol–water partition coefficient (Wildman–Crippen LogP) is 3.18. The van der Waals surface area contributed by atoms with Gasteiger partial charge in [0.05, 0.1) is 0 Å². The number of likely N-dealkylation sites (N-methyl/N-ethyl adjacent to an activating group) is 1. The fraction of sp³-hybridized carbons (Fsp3) is 0.333. The van der Waals surface area contributed by atoms with Crippen LogP contribution < -0.4 is 9.64 Å². The molecule has 0 amide bonds. The zero-order chi connectivity index (χ0) is 15.2. The van der Waals surface area contributed by atoms with Crippen LogP contribution in [0.2, 0.25) is 0 Å². The van der Waals surface area contributed by atoms with Gasteiger partial charge in [-0.05, 0) is 43.7 Å². The second-order valence-electron chi connectivity index (χ2n) is 5.50. The van der Waals surface area contributed by atoms with E-state index in [1.807, 2.05) is 55.3 Å². The largest absolute Gasteiger partial charge is 0.491 e. The molecule has 1 N–H and O–H groups in total. The highest BCUT2D eigenvalue weighted by molar-refractivity contribution is 5.47. The molecule has 0 radical (unpaired) electrons. The van der Waals surface area contributed by atoms with E-state index in [-0.39, 0.29) is 0 Å². The molecule has 2 aromatic rings. The van der Waals surface area contributed by atoms with Crippen LogP contribution >= 0.6 is 0 Å². The molecule has 2 rings (SSSR count). The number of benzene rings is 2. The van der Waals surface area contributed by atoms with Crippen molar-refractivity contribution in [3.63, 3.8) is 0 Å². The highest BCUT2D eigenvalue weighted by atomic mass is 16.5. The Labute approximate surface area is 126 Å². The summed E-state index contributed by atoms with van der Waals surface area (Å²) in [4.78, 5) is 2.04. The monoisotopic (exact) mass is 285 g/mol. The summed E-state index contributed by atoms with van der Waals surface area (Å²) in [5.74, 6) is 0.790. The molecule has 1 atom stereocenters. The average molecular weight is 285 g/mol. The molecule has 3 nitrogen and oxygen atoms in total. The highest BCUT2D eigenvalue weighted by Gasteiger charge is 2.10. The van der Waals surface area contributed by atoms with E-state index in [9.17, 15) is 5.11 Å². The molecule has 112 valence electrons. The fourth-order valence-corrected chi connectivity index (χ4v) is 2.17. The zero-order valence-corrected chi connectivity index (χ0v) is 12.9. The smallest absolute Gasteiger partial charge is 0.119 e. The maximum atomic E-state index is 10.1. The Hall–Kier alpha value is -2.00. The van der Waals surface area contributed by atoms with Crippen molar-refractivity contribution in [2.45, 2.75) is 20.0 Å². The zero-order valence-electron chi connectivity index (χ0n) is 12.9. The third kappa shape index (κ3) is 4.80. The number of hydrogen-bond acceptors (Lipinski definition) is 3. The molecule has 0 aliphatic carbocycles. The summed E-state index contributed by atoms with van der Waals surface area (Å²) in [7, 11) is 1.98. The lowest BCUT2D eigenvalue weighted by atomic mass is 10.2. The van der Waals surface area contributed by atoms with Crippen LogP contribution in [0.1, 0.15) is 11.1 Å². The minimum atomic E-state index is -0.531. The van der Waals surface area contributed by atoms with Gasteiger partial charge in [-0.25, -0.2) is 0 Å². The van der Waals surface area contributed by atoms with Crippen LogP contribution in [0.15, 0.2) is 48.5 Å². The molecular weight excluding hydrogens is 262 g/mol. The van der Waals surface area contributed by atoms with Gasteiger partial charge in [0.2, 0.25) is 0 Å². The molecule has 3 heteroatoms. The van der Waals surface area contributed by atoms with Crippen molar-refractivity contribution in [2.24, 2.45) is 0 Å². The summed E-state index contributed by atoms with van der Waals surface area (Å²) in [6.07, 6.45) is -0.531. The van der Waals surface area contributed by atoms with Crippen molar-refractivity contribution in [3.05, 3.63) is 59.7 Å². The number of ether oxygens (including phenoxy) is 1. The first-order chi connectivity index (χ1) is 10.0. The van der Waals surface area contributed by atoms with E-state index in [0.29, 0.717) is 13.2 Å². The minimum absolute atomic E-state index is 0.291. The quantitative estimate of drug-likeness (QED) is 0.885. The van der Waals surface area contributed by atoms with Gasteiger partial charge in [0.25, 0.3) is 0 Å². The van der Waals surface area contributed by atoms with Crippen molar-refractivity contribution in [2.75, 3.05) is 25.1 Å². The van der Waals surface area contributed by atoms with Crippen LogP contribution in [0.3, 0.4) is 0 Å². The molecule has 0 bridgehead atoms. The van der Waals surface area contributed by atoms with E-state index in [2.05, 4.69) is 19.1 Å². The van der Waals surface area contributed by atoms with Crippen molar-refractivity contribution in [1.82, 2.24) is 0 Å². The lowest BCUT2D eigenvalue weighted by Gasteiger charge is -2.23. The van der Waals surface area contributed by atoms with Gasteiger partial charge in [-0.1, -0.05) is 29.8 Å². The Morgan fingerprint density at radius 1 is 1.05 bits per heavy atom. The second-order valence-corrected chi connectivity index (χ2v) is 5.50. The summed E-state index contributed by atoms with van der Waals surface area (Å²) in [5.41, 5.74) is 3.51. The van der Waals surface area contributed by atoms with Gasteiger partial charge in [0.15, 0.2) is 0 Å². The maximum Gasteiger partial charge on any atom is 0.119 e. The molecule has 0 aliphatic heterocycles. The Morgan fingerprint density at radius 2 is 1.76 bits per heavy atom. The number of rotatable bonds is 6. The van der Waals surface area contributed by atoms with Gasteiger partial charge in [0, 0.05) is 19.3 Å². The van der Waals surface area contributed by atoms with Crippen LogP contribution in [0.25, 0.3) is 0 Å². The average Bonchev–Trinajstić information content (AvgIpc) is 2.46. The molecular formula is C18H23NO2. The second kappa shape index (κ2) is 7.14. The molecule has 1 unspecified atom stereocenters. The van der Waals surface area contributed by atoms with Crippen molar-refractivity contribution in [1.29, 1.82) is 0 Å². The molecule has 0 aromatic heterocycles. The first-order valence-corrected chi connectivity index (χ1v) is 7.20. The number of anilines is 1. The SMILES string of the molecule is Cc1ccc(OCC(O)CN(C)c2cccc(C)c2)cc1. The van der Waals surface area contributed by atoms with Crippen molar-refractivity contribution in [3.8, 4) is 5.75 Å². The van der Waals surface area contributed by atoms with Gasteiger partial charge in [-0.2, -0.15) is 0 Å². The third-order valence-electron chi connectivity index (χ3n) is 3.39. The first-order valence-electron chi connectivity index (χ1n) is 7.20. The molecule has 0 heterocycles. The van der Waals surface area contributed by atoms with Gasteiger partial charge < -0.3 is 14.7 Å². The van der Waals surface area contributed by atoms with Gasteiger partial charge in [-0.3, -0.25) is 0 Å². The Balaban J connectivity index is 1.83. The van der Waals surface area contributed by atoms with E-state index >= 15 is 0 Å². The standard InChI is InChI=1S/C18H23NO2/c1-14-7-9-18(10-8-14)21-13-17(20)12-19(3)16-6-4-5-15(2)11-16/h4-11,17,20H,12-13H2,1-3H3. The van der Waals surface area contributed by atoms with Crippen LogP contribution in [-0.2, 0) is 0 Å². The van der Waals surface area contributed by atoms with Crippen LogP contribution in [0.5, 0.6) is 5.75 Å². The summed E-state index contributed by atoms with van der Waals surface area (Å²) in [5, 5.41) is 10.1. The molecule has 0 saturated carbocycles. The van der Waals surface area contributed by atoms with Crippen molar-refractivity contribution < 1.29 is 9.84 Å². The van der Waals surface area contributed by atoms with E-state index < -0.39 is 6.10 Å². The molecule has 21 heavy (non-hydrogen) atoms. The summed E-state index contributed by atoms with van der Waals surface area (Å²) in [6, 6.07) is 16.1. The van der Waals surface area contributed by atoms with Gasteiger partial charge in [0.1, 0.15) is 18.5 Å². The van der Waals surface area contributed by atoms with Crippen molar-refractivity contribution >= 4 is 5.69 Å². The number of aliphatic hydroxyl groups is 1. The normalized spacial score (nSPS) is 12.0. The van der Waals surface area contributed by atoms with Crippen LogP contribution in [0, 0.1) is 13.8 Å². The number of hydrogen-bond donors (Lipinski definition) is 1. The Bertz CT molecular complexity index is 566. The lowest BCUT2D eigenvalue weighted by molar-refractivity contribution is 0.113. The maximum absolute atomic E-state index is 10.1. The summed E-state index contributed by atoms with van der Waals surface area (Å²) < 4.78 is 5.61. The Kier molecular flexibility index (Phi) is 5.23. The summed E-state index contributed by atoms with van der Waals surface area (Å²) in [6.45, 7) is 4.93. The molecule has 0 saturated heterocycles. The van der Waals surface area contributed by atoms with E-state index in [1.165, 1.54) is 11.1 Å². The van der Waals surface area contributed by atoms with E-state index in [0.717, 1.165) is 11.4 Å². The van der Waals surface area contributed by atoms with Gasteiger partial charge in [-0.15, -0.1) is 0 Å². The van der Waals surface area contributed by atoms with E-state index in [1.54, 1.807) is 0 Å². The number of aliphatic hydroxyl groups excluding tert-OH is 1.